The van der Waals surface area contributed by atoms with Crippen LogP contribution in [-0.4, -0.2) is 79.6 Å². The maximum absolute atomic E-state index is 12.7. The van der Waals surface area contributed by atoms with Crippen molar-refractivity contribution in [3.63, 3.8) is 0 Å². The summed E-state index contributed by atoms with van der Waals surface area (Å²) in [6.07, 6.45) is 0.144. The highest BCUT2D eigenvalue weighted by molar-refractivity contribution is 5.95. The average molecular weight is 390 g/mol. The van der Waals surface area contributed by atoms with Gasteiger partial charge in [-0.3, -0.25) is 19.8 Å². The van der Waals surface area contributed by atoms with E-state index >= 15 is 0 Å². The van der Waals surface area contributed by atoms with Crippen LogP contribution in [0.5, 0.6) is 11.5 Å². The van der Waals surface area contributed by atoms with Gasteiger partial charge in [-0.05, 0) is 18.6 Å². The number of benzene rings is 1. The normalized spacial score (nSPS) is 19.0. The second-order valence-electron chi connectivity index (χ2n) is 6.77. The Balaban J connectivity index is 1.42. The Morgan fingerprint density at radius 1 is 1.11 bits per heavy atom. The lowest BCUT2D eigenvalue weighted by molar-refractivity contribution is -0.143. The molecule has 152 valence electrons. The third-order valence-electron chi connectivity index (χ3n) is 4.62. The second kappa shape index (κ2) is 9.41. The fourth-order valence-corrected chi connectivity index (χ4v) is 3.12. The van der Waals surface area contributed by atoms with Gasteiger partial charge >= 0.3 is 6.03 Å². The average Bonchev–Trinajstić information content (AvgIpc) is 2.71. The zero-order chi connectivity index (χ0) is 19.9. The van der Waals surface area contributed by atoms with Crippen LogP contribution in [0.3, 0.4) is 0 Å². The number of carbonyl (C=O) groups excluding carboxylic acids is 3. The number of rotatable bonds is 5. The molecule has 9 heteroatoms. The summed E-state index contributed by atoms with van der Waals surface area (Å²) in [4.78, 5) is 39.8. The van der Waals surface area contributed by atoms with Gasteiger partial charge in [-0.25, -0.2) is 4.79 Å². The summed E-state index contributed by atoms with van der Waals surface area (Å²) in [6.45, 7) is 4.87. The number of carbonyl (C=O) groups is 3. The lowest BCUT2D eigenvalue weighted by atomic mass is 10.2. The van der Waals surface area contributed by atoms with Gasteiger partial charge in [0.15, 0.2) is 11.5 Å². The van der Waals surface area contributed by atoms with Crippen molar-refractivity contribution in [3.8, 4) is 11.5 Å². The van der Waals surface area contributed by atoms with Crippen LogP contribution in [0.2, 0.25) is 0 Å². The highest BCUT2D eigenvalue weighted by atomic mass is 16.6. The van der Waals surface area contributed by atoms with Crippen LogP contribution in [0, 0.1) is 0 Å². The van der Waals surface area contributed by atoms with E-state index in [1.54, 1.807) is 11.0 Å². The lowest BCUT2D eigenvalue weighted by Crippen LogP contribution is -2.55. The van der Waals surface area contributed by atoms with Crippen molar-refractivity contribution in [3.05, 3.63) is 24.3 Å². The third kappa shape index (κ3) is 5.13. The van der Waals surface area contributed by atoms with Crippen LogP contribution in [0.25, 0.3) is 0 Å². The molecule has 0 aromatic heterocycles. The number of nitrogens with zero attached hydrogens (tertiary/aromatic N) is 2. The summed E-state index contributed by atoms with van der Waals surface area (Å²) in [5, 5.41) is 4.91. The van der Waals surface area contributed by atoms with Gasteiger partial charge in [0.2, 0.25) is 12.0 Å². The number of fused-ring (bicyclic) bond motifs is 1. The second-order valence-corrected chi connectivity index (χ2v) is 6.77. The number of hydrogen-bond acceptors (Lipinski definition) is 6. The molecule has 2 N–H and O–H groups in total. The summed E-state index contributed by atoms with van der Waals surface area (Å²) in [7, 11) is 0. The molecule has 2 aliphatic rings. The van der Waals surface area contributed by atoms with Gasteiger partial charge in [0.1, 0.15) is 6.61 Å². The highest BCUT2D eigenvalue weighted by Gasteiger charge is 2.32. The van der Waals surface area contributed by atoms with E-state index in [2.05, 4.69) is 10.6 Å². The zero-order valence-electron chi connectivity index (χ0n) is 16.0. The number of urea groups is 1. The molecule has 3 rings (SSSR count). The fourth-order valence-electron chi connectivity index (χ4n) is 3.12. The Morgan fingerprint density at radius 2 is 1.82 bits per heavy atom. The van der Waals surface area contributed by atoms with Crippen molar-refractivity contribution in [2.45, 2.75) is 19.4 Å². The van der Waals surface area contributed by atoms with Gasteiger partial charge in [-0.1, -0.05) is 19.1 Å². The molecule has 0 spiro atoms. The molecular formula is C19H26N4O5. The molecule has 1 saturated heterocycles. The van der Waals surface area contributed by atoms with Crippen LogP contribution in [0.4, 0.5) is 4.79 Å². The van der Waals surface area contributed by atoms with Gasteiger partial charge in [0, 0.05) is 32.7 Å². The molecule has 0 radical (unpaired) electrons. The van der Waals surface area contributed by atoms with Crippen molar-refractivity contribution in [1.82, 2.24) is 20.4 Å². The molecule has 0 bridgehead atoms. The number of para-hydroxylation sites is 2. The molecule has 1 fully saturated rings. The third-order valence-corrected chi connectivity index (χ3v) is 4.62. The quantitative estimate of drug-likeness (QED) is 0.745. The van der Waals surface area contributed by atoms with Crippen molar-refractivity contribution in [1.29, 1.82) is 0 Å². The molecule has 0 aliphatic carbocycles. The number of hydrogen-bond donors (Lipinski definition) is 2. The Kier molecular flexibility index (Phi) is 6.70. The summed E-state index contributed by atoms with van der Waals surface area (Å²) < 4.78 is 11.4. The van der Waals surface area contributed by atoms with Crippen LogP contribution in [0.15, 0.2) is 24.3 Å². The molecule has 28 heavy (non-hydrogen) atoms. The first-order valence-corrected chi connectivity index (χ1v) is 9.54. The Bertz CT molecular complexity index is 718. The minimum absolute atomic E-state index is 0.113. The van der Waals surface area contributed by atoms with Gasteiger partial charge in [-0.2, -0.15) is 0 Å². The number of ether oxygens (including phenoxy) is 2. The molecule has 0 unspecified atom stereocenters. The summed E-state index contributed by atoms with van der Waals surface area (Å²) in [6, 6.07) is 6.80. The Labute approximate surface area is 163 Å². The van der Waals surface area contributed by atoms with Crippen LogP contribution >= 0.6 is 0 Å². The maximum Gasteiger partial charge on any atom is 0.321 e. The van der Waals surface area contributed by atoms with Gasteiger partial charge in [0.25, 0.3) is 5.91 Å². The first kappa shape index (κ1) is 19.9. The van der Waals surface area contributed by atoms with Crippen molar-refractivity contribution < 1.29 is 23.9 Å². The number of amides is 4. The van der Waals surface area contributed by atoms with Crippen molar-refractivity contribution >= 4 is 17.8 Å². The molecule has 4 amide bonds. The summed E-state index contributed by atoms with van der Waals surface area (Å²) in [5.74, 6) is 0.751. The SMILES string of the molecule is CCCNC(=O)NC(=O)CN1CCN(C(=O)[C@@H]2COc3ccccc3O2)CC1. The number of nitrogens with one attached hydrogen (secondary N) is 2. The number of piperazine rings is 1. The molecule has 0 saturated carbocycles. The fraction of sp³-hybridized carbons (Fsp3) is 0.526. The topological polar surface area (TPSA) is 100 Å². The van der Waals surface area contributed by atoms with Gasteiger partial charge in [-0.15, -0.1) is 0 Å². The summed E-state index contributed by atoms with van der Waals surface area (Å²) in [5.41, 5.74) is 0. The molecule has 1 aromatic carbocycles. The van der Waals surface area contributed by atoms with E-state index in [1.165, 1.54) is 0 Å². The van der Waals surface area contributed by atoms with Crippen LogP contribution in [0.1, 0.15) is 13.3 Å². The Hall–Kier alpha value is -2.81. The van der Waals surface area contributed by atoms with E-state index in [9.17, 15) is 14.4 Å². The molecular weight excluding hydrogens is 364 g/mol. The van der Waals surface area contributed by atoms with E-state index in [0.29, 0.717) is 44.2 Å². The monoisotopic (exact) mass is 390 g/mol. The molecule has 1 aromatic rings. The first-order valence-electron chi connectivity index (χ1n) is 9.54. The molecule has 9 nitrogen and oxygen atoms in total. The first-order chi connectivity index (χ1) is 13.6. The van der Waals surface area contributed by atoms with E-state index in [0.717, 1.165) is 6.42 Å². The minimum atomic E-state index is -0.660. The highest BCUT2D eigenvalue weighted by Crippen LogP contribution is 2.31. The predicted molar refractivity (Wildman–Crippen MR) is 101 cm³/mol. The van der Waals surface area contributed by atoms with Gasteiger partial charge < -0.3 is 19.7 Å². The van der Waals surface area contributed by atoms with E-state index in [1.807, 2.05) is 30.0 Å². The maximum atomic E-state index is 12.7. The Morgan fingerprint density at radius 3 is 2.54 bits per heavy atom. The van der Waals surface area contributed by atoms with E-state index in [-0.39, 0.29) is 25.0 Å². The zero-order valence-corrected chi connectivity index (χ0v) is 16.0. The smallest absolute Gasteiger partial charge is 0.321 e. The standard InChI is InChI=1S/C19H26N4O5/c1-2-7-20-19(26)21-17(24)12-22-8-10-23(11-9-22)18(25)16-13-27-14-5-3-4-6-15(14)28-16/h3-6,16H,2,7-13H2,1H3,(H2,20,21,24,26)/t16-/m0/s1. The molecule has 1 atom stereocenters. The molecule has 2 aliphatic heterocycles. The van der Waals surface area contributed by atoms with Crippen molar-refractivity contribution in [2.75, 3.05) is 45.9 Å². The largest absolute Gasteiger partial charge is 0.485 e. The van der Waals surface area contributed by atoms with Crippen LogP contribution < -0.4 is 20.1 Å². The minimum Gasteiger partial charge on any atom is -0.485 e. The summed E-state index contributed by atoms with van der Waals surface area (Å²) >= 11 is 0. The van der Waals surface area contributed by atoms with Gasteiger partial charge in [0.05, 0.1) is 6.54 Å². The van der Waals surface area contributed by atoms with Crippen LogP contribution in [-0.2, 0) is 9.59 Å². The number of imide groups is 1. The van der Waals surface area contributed by atoms with E-state index < -0.39 is 12.1 Å². The predicted octanol–water partition coefficient (Wildman–Crippen LogP) is 0.206. The van der Waals surface area contributed by atoms with E-state index in [4.69, 9.17) is 9.47 Å². The molecule has 2 heterocycles. The van der Waals surface area contributed by atoms with Crippen molar-refractivity contribution in [2.24, 2.45) is 0 Å². The lowest BCUT2D eigenvalue weighted by Gasteiger charge is -2.36.